The van der Waals surface area contributed by atoms with E-state index in [1.54, 1.807) is 57.3 Å². The third kappa shape index (κ3) is 19.9. The van der Waals surface area contributed by atoms with Crippen LogP contribution in [0.4, 0.5) is 10.5 Å². The van der Waals surface area contributed by atoms with Gasteiger partial charge in [-0.05, 0) is 127 Å². The van der Waals surface area contributed by atoms with Gasteiger partial charge in [0.25, 0.3) is 5.91 Å². The Balaban J connectivity index is 1.30. The number of rotatable bonds is 27. The van der Waals surface area contributed by atoms with E-state index in [4.69, 9.17) is 45.8 Å². The molecule has 2 saturated heterocycles. The van der Waals surface area contributed by atoms with E-state index < -0.39 is 107 Å². The number of primary amides is 1. The third-order valence-corrected chi connectivity index (χ3v) is 18.1. The number of halogens is 1. The van der Waals surface area contributed by atoms with Crippen LogP contribution in [0.3, 0.4) is 0 Å². The van der Waals surface area contributed by atoms with Gasteiger partial charge in [0.1, 0.15) is 57.7 Å². The third-order valence-electron chi connectivity index (χ3n) is 17.7. The number of nitrogens with two attached hydrogens (primary N) is 1. The van der Waals surface area contributed by atoms with Crippen molar-refractivity contribution in [3.8, 4) is 5.75 Å². The molecule has 0 radical (unpaired) electrons. The first-order valence-corrected chi connectivity index (χ1v) is 31.5. The molecule has 5 rings (SSSR count). The Hall–Kier alpha value is -6.68. The molecule has 22 heteroatoms. The van der Waals surface area contributed by atoms with Crippen LogP contribution in [-0.4, -0.2) is 151 Å². The zero-order chi connectivity index (χ0) is 66.3. The van der Waals surface area contributed by atoms with Crippen LogP contribution in [-0.2, 0) is 70.1 Å². The van der Waals surface area contributed by atoms with Gasteiger partial charge in [-0.15, -0.1) is 0 Å². The smallest absolute Gasteiger partial charge is 0.328 e. The number of ketones is 2. The molecule has 0 aromatic heterocycles. The lowest BCUT2D eigenvalue weighted by Gasteiger charge is -2.41. The molecule has 3 heterocycles. The number of hydrogen-bond acceptors (Lipinski definition) is 16. The molecule has 10 atom stereocenters. The largest absolute Gasteiger partial charge is 0.495 e. The summed E-state index contributed by atoms with van der Waals surface area (Å²) in [5.74, 6) is -5.13. The number of benzene rings is 2. The summed E-state index contributed by atoms with van der Waals surface area (Å²) in [6.45, 7) is 18.3. The molecule has 3 aliphatic rings. The van der Waals surface area contributed by atoms with Gasteiger partial charge in [0.05, 0.1) is 43.7 Å². The van der Waals surface area contributed by atoms with Gasteiger partial charge in [0, 0.05) is 70.8 Å². The van der Waals surface area contributed by atoms with Crippen molar-refractivity contribution >= 4 is 70.5 Å². The fourth-order valence-corrected chi connectivity index (χ4v) is 12.0. The minimum absolute atomic E-state index is 0.0118. The number of nitrogens with zero attached hydrogens (tertiary/aromatic N) is 2. The molecule has 89 heavy (non-hydrogen) atoms. The number of allylic oxidation sites excluding steroid dienone is 3. The summed E-state index contributed by atoms with van der Waals surface area (Å²) in [6.07, 6.45) is 4.81. The highest BCUT2D eigenvalue weighted by atomic mass is 35.5. The number of unbranched alkanes of at least 4 members (excludes halogenated alkanes) is 1. The number of fused-ring (bicyclic) bond motifs is 5. The van der Waals surface area contributed by atoms with E-state index in [2.05, 4.69) is 10.6 Å². The van der Waals surface area contributed by atoms with Crippen molar-refractivity contribution in [1.29, 1.82) is 0 Å². The summed E-state index contributed by atoms with van der Waals surface area (Å²) in [5.41, 5.74) is 4.29. The number of amides is 5. The monoisotopic (exact) mass is 1260 g/mol. The van der Waals surface area contributed by atoms with Gasteiger partial charge < -0.3 is 59.7 Å². The summed E-state index contributed by atoms with van der Waals surface area (Å²) >= 11 is 6.87. The number of Topliss-reactive ketones (excluding diaryl/α,β-unsaturated/α-hetero) is 2. The molecule has 3 aliphatic heterocycles. The van der Waals surface area contributed by atoms with Gasteiger partial charge in [-0.2, -0.15) is 0 Å². The van der Waals surface area contributed by atoms with E-state index in [1.807, 2.05) is 54.5 Å². The topological polar surface area (TPSA) is 289 Å². The molecule has 0 saturated carbocycles. The second-order valence-corrected chi connectivity index (χ2v) is 25.8. The number of urea groups is 1. The molecule has 2 aromatic carbocycles. The lowest BCUT2D eigenvalue weighted by molar-refractivity contribution is -0.187. The van der Waals surface area contributed by atoms with Gasteiger partial charge >= 0.3 is 23.9 Å². The normalized spacial score (nSPS) is 24.2. The Morgan fingerprint density at radius 2 is 1.66 bits per heavy atom. The first kappa shape index (κ1) is 73.1. The average Bonchev–Trinajstić information content (AvgIpc) is 1.65. The number of epoxide rings is 1. The summed E-state index contributed by atoms with van der Waals surface area (Å²) in [4.78, 5) is 124. The van der Waals surface area contributed by atoms with Crippen molar-refractivity contribution in [3.05, 3.63) is 81.9 Å². The highest BCUT2D eigenvalue weighted by Gasteiger charge is 2.64. The first-order chi connectivity index (χ1) is 41.8. The maximum atomic E-state index is 14.5. The molecule has 0 unspecified atom stereocenters. The van der Waals surface area contributed by atoms with Crippen molar-refractivity contribution < 1.29 is 76.7 Å². The first-order valence-electron chi connectivity index (χ1n) is 31.1. The van der Waals surface area contributed by atoms with Crippen LogP contribution in [0.1, 0.15) is 168 Å². The van der Waals surface area contributed by atoms with Crippen molar-refractivity contribution in [2.75, 3.05) is 39.8 Å². The lowest BCUT2D eigenvalue weighted by Crippen LogP contribution is -2.53. The predicted octanol–water partition coefficient (Wildman–Crippen LogP) is 8.67. The van der Waals surface area contributed by atoms with Crippen LogP contribution >= 0.6 is 11.6 Å². The molecule has 4 bridgehead atoms. The van der Waals surface area contributed by atoms with Crippen molar-refractivity contribution in [1.82, 2.24) is 15.5 Å². The molecule has 492 valence electrons. The maximum absolute atomic E-state index is 14.5. The van der Waals surface area contributed by atoms with E-state index in [1.165, 1.54) is 50.1 Å². The van der Waals surface area contributed by atoms with E-state index in [-0.39, 0.29) is 85.0 Å². The van der Waals surface area contributed by atoms with Crippen molar-refractivity contribution in [3.63, 3.8) is 0 Å². The minimum Gasteiger partial charge on any atom is -0.495 e. The number of likely N-dealkylation sites (N-methyl/N-ethyl adjacent to an activating group) is 1. The van der Waals surface area contributed by atoms with Gasteiger partial charge in [-0.25, -0.2) is 9.59 Å². The number of esters is 3. The number of carbonyl (C=O) groups is 9. The molecular weight excluding hydrogens is 1170 g/mol. The Morgan fingerprint density at radius 3 is 2.28 bits per heavy atom. The highest BCUT2D eigenvalue weighted by molar-refractivity contribution is 6.35. The zero-order valence-corrected chi connectivity index (χ0v) is 55.3. The van der Waals surface area contributed by atoms with Gasteiger partial charge in [-0.3, -0.25) is 33.6 Å². The van der Waals surface area contributed by atoms with E-state index in [9.17, 15) is 48.3 Å². The Bertz CT molecular complexity index is 2930. The van der Waals surface area contributed by atoms with Crippen LogP contribution in [0.15, 0.2) is 60.2 Å². The van der Waals surface area contributed by atoms with E-state index >= 15 is 0 Å². The van der Waals surface area contributed by atoms with Crippen molar-refractivity contribution in [2.24, 2.45) is 29.4 Å². The number of carbonyl (C=O) groups excluding carboxylic acids is 9. The van der Waals surface area contributed by atoms with Gasteiger partial charge in [0.15, 0.2) is 5.78 Å². The fourth-order valence-electron chi connectivity index (χ4n) is 11.7. The quantitative estimate of drug-likeness (QED) is 0.0281. The van der Waals surface area contributed by atoms with Crippen LogP contribution in [0.25, 0.3) is 0 Å². The summed E-state index contributed by atoms with van der Waals surface area (Å²) in [6, 6.07) is 6.77. The molecule has 2 fully saturated rings. The second kappa shape index (κ2) is 32.4. The second-order valence-electron chi connectivity index (χ2n) is 25.5. The summed E-state index contributed by atoms with van der Waals surface area (Å²) in [5, 5.41) is 17.6. The average molecular weight is 1260 g/mol. The Morgan fingerprint density at radius 1 is 0.989 bits per heavy atom. The number of aliphatic hydroxyl groups is 1. The zero-order valence-electron chi connectivity index (χ0n) is 54.5. The lowest BCUT2D eigenvalue weighted by atomic mass is 9.78. The maximum Gasteiger partial charge on any atom is 0.328 e. The van der Waals surface area contributed by atoms with Crippen molar-refractivity contribution in [2.45, 2.75) is 212 Å². The SMILES string of the molecule is CCC(CC)C(=O)OC(C)(C)CCCCC(=O)C[C@H](C(=O)N[C@@H](CCCNC(N)=O)C(=O)Cc1ccc(C(=O)N(C)[C@@H](C)C(=O)O[C@H]2CC(=O)N(C)c3cc(cc(OC)c3Cl)C/C(C)=C/C=C/[C@@H](OC)[C@]3(O)CC(=O)O[C@@H](C3)[C@@H](C)[C@@H]3O[C@@]23C)cc1)C(C)C. The number of methoxy groups -OCH3 is 2. The highest BCUT2D eigenvalue weighted by Crippen LogP contribution is 2.50. The Labute approximate surface area is 529 Å². The molecular formula is C67H96ClN5O16. The molecule has 21 nitrogen and oxygen atoms in total. The molecule has 0 aliphatic carbocycles. The molecule has 0 spiro atoms. The number of ether oxygens (including phenoxy) is 6. The predicted molar refractivity (Wildman–Crippen MR) is 336 cm³/mol. The van der Waals surface area contributed by atoms with Crippen LogP contribution < -0.4 is 26.0 Å². The molecule has 5 amide bonds. The Kier molecular flexibility index (Phi) is 26.6. The van der Waals surface area contributed by atoms with E-state index in [0.29, 0.717) is 61.9 Å². The molecule has 2 aromatic rings. The number of anilines is 1. The molecule has 5 N–H and O–H groups in total. The van der Waals surface area contributed by atoms with E-state index in [0.717, 1.165) is 11.1 Å². The minimum atomic E-state index is -1.66. The fraction of sp³-hybridized carbons (Fsp3) is 0.627. The number of hydrogen-bond donors (Lipinski definition) is 4. The standard InChI is InChI=1S/C67H96ClN5O16/c1-15-45(16-2)63(81)89-65(8,9)29-18-17-22-47(74)35-48(39(3)4)60(78)71-49(23-20-30-70-64(69)82)51(75)33-43-25-27-46(28-26-43)61(79)72(11)42(7)62(80)87-55-36-56(76)73(12)50-32-44(34-52(84-13)58(50)68)31-40(5)21-19-24-54(85-14)67(83)37-53(86-57(77)38-67)41(6)59-66(55,10)88-59/h19,21,24-28,32,34,39,41-42,45,48-49,53-55,59,83H,15-18,20,22-23,29-31,33,35-38H2,1-14H3,(H,71,78)(H3,69,70,82)/b24-19+,40-21+/t41-,42+,48+,49+,53+,54-,55+,59+,66+,67-/m1/s1. The van der Waals surface area contributed by atoms with Gasteiger partial charge in [0.2, 0.25) is 11.8 Å². The van der Waals surface area contributed by atoms with Crippen LogP contribution in [0.5, 0.6) is 5.75 Å². The summed E-state index contributed by atoms with van der Waals surface area (Å²) in [7, 11) is 5.88. The summed E-state index contributed by atoms with van der Waals surface area (Å²) < 4.78 is 35.6. The van der Waals surface area contributed by atoms with Gasteiger partial charge in [-0.1, -0.05) is 82.2 Å². The number of nitrogens with one attached hydrogen (secondary N) is 2. The van der Waals surface area contributed by atoms with Crippen LogP contribution in [0.2, 0.25) is 5.02 Å². The van der Waals surface area contributed by atoms with Crippen LogP contribution in [0, 0.1) is 23.7 Å².